The van der Waals surface area contributed by atoms with E-state index >= 15 is 0 Å². The molecule has 2 aromatic rings. The van der Waals surface area contributed by atoms with Gasteiger partial charge in [-0.25, -0.2) is 0 Å². The molecule has 23 heavy (non-hydrogen) atoms. The van der Waals surface area contributed by atoms with E-state index in [1.54, 1.807) is 4.68 Å². The fourth-order valence-electron chi connectivity index (χ4n) is 2.74. The van der Waals surface area contributed by atoms with Gasteiger partial charge in [-0.2, -0.15) is 5.10 Å². The molecule has 1 amide bonds. The molecule has 0 aliphatic heterocycles. The third-order valence-electron chi connectivity index (χ3n) is 4.10. The number of hydrogen-bond acceptors (Lipinski definition) is 3. The number of rotatable bonds is 6. The highest BCUT2D eigenvalue weighted by Gasteiger charge is 2.26. The zero-order chi connectivity index (χ0) is 17.0. The molecule has 5 nitrogen and oxygen atoms in total. The summed E-state index contributed by atoms with van der Waals surface area (Å²) in [6.07, 6.45) is 4.65. The lowest BCUT2D eigenvalue weighted by molar-refractivity contribution is -0.135. The van der Waals surface area contributed by atoms with Gasteiger partial charge in [0, 0.05) is 26.8 Å². The lowest BCUT2D eigenvalue weighted by Gasteiger charge is -2.29. The van der Waals surface area contributed by atoms with Gasteiger partial charge in [0.25, 0.3) is 0 Å². The van der Waals surface area contributed by atoms with Crippen LogP contribution >= 0.6 is 0 Å². The van der Waals surface area contributed by atoms with Crippen molar-refractivity contribution in [1.29, 1.82) is 0 Å². The minimum absolute atomic E-state index is 0.119. The maximum atomic E-state index is 12.9. The van der Waals surface area contributed by atoms with Crippen molar-refractivity contribution >= 4 is 5.91 Å². The van der Waals surface area contributed by atoms with Crippen LogP contribution in [0.25, 0.3) is 0 Å². The summed E-state index contributed by atoms with van der Waals surface area (Å²) >= 11 is 0. The zero-order valence-electron chi connectivity index (χ0n) is 14.7. The Morgan fingerprint density at radius 3 is 2.52 bits per heavy atom. The van der Waals surface area contributed by atoms with E-state index in [0.717, 1.165) is 23.1 Å². The molecule has 1 heterocycles. The van der Waals surface area contributed by atoms with Crippen LogP contribution in [0.1, 0.15) is 22.7 Å². The van der Waals surface area contributed by atoms with E-state index in [1.165, 1.54) is 0 Å². The predicted molar refractivity (Wildman–Crippen MR) is 92.2 cm³/mol. The largest absolute Gasteiger partial charge is 0.344 e. The standard InChI is InChI=1S/C18H26N4O/c1-14-8-6-7-9-16(14)17(20(2)3)18(23)21(4)11-10-15-12-19-22(5)13-15/h6-9,12-13,17H,10-11H2,1-5H3/t17-/m0/s1. The Balaban J connectivity index is 2.10. The Morgan fingerprint density at radius 1 is 1.26 bits per heavy atom. The van der Waals surface area contributed by atoms with Crippen LogP contribution in [-0.4, -0.2) is 53.2 Å². The van der Waals surface area contributed by atoms with Gasteiger partial charge in [-0.15, -0.1) is 0 Å². The summed E-state index contributed by atoms with van der Waals surface area (Å²) in [5.41, 5.74) is 3.35. The summed E-state index contributed by atoms with van der Waals surface area (Å²) in [5, 5.41) is 4.17. The van der Waals surface area contributed by atoms with Crippen LogP contribution in [0.5, 0.6) is 0 Å². The van der Waals surface area contributed by atoms with E-state index in [4.69, 9.17) is 0 Å². The first-order chi connectivity index (χ1) is 10.9. The number of aryl methyl sites for hydroxylation is 2. The zero-order valence-corrected chi connectivity index (χ0v) is 14.7. The van der Waals surface area contributed by atoms with Crippen LogP contribution in [0.15, 0.2) is 36.7 Å². The molecule has 1 aromatic heterocycles. The van der Waals surface area contributed by atoms with Gasteiger partial charge >= 0.3 is 0 Å². The van der Waals surface area contributed by atoms with Crippen LogP contribution in [0.4, 0.5) is 0 Å². The van der Waals surface area contributed by atoms with Crippen molar-refractivity contribution in [2.75, 3.05) is 27.7 Å². The minimum atomic E-state index is -0.255. The van der Waals surface area contributed by atoms with E-state index in [1.807, 2.05) is 68.6 Å². The smallest absolute Gasteiger partial charge is 0.244 e. The Kier molecular flexibility index (Phi) is 5.55. The molecule has 0 unspecified atom stereocenters. The summed E-state index contributed by atoms with van der Waals surface area (Å²) in [6, 6.07) is 7.82. The third kappa shape index (κ3) is 4.20. The van der Waals surface area contributed by atoms with Gasteiger partial charge in [0.05, 0.1) is 6.20 Å². The van der Waals surface area contributed by atoms with Gasteiger partial charge < -0.3 is 4.90 Å². The molecule has 0 aliphatic rings. The van der Waals surface area contributed by atoms with Crippen LogP contribution in [0.2, 0.25) is 0 Å². The lowest BCUT2D eigenvalue weighted by Crippen LogP contribution is -2.39. The van der Waals surface area contributed by atoms with Crippen molar-refractivity contribution in [3.8, 4) is 0 Å². The number of carbonyl (C=O) groups is 1. The molecule has 0 aliphatic carbocycles. The fraction of sp³-hybridized carbons (Fsp3) is 0.444. The van der Waals surface area contributed by atoms with Crippen molar-refractivity contribution in [2.24, 2.45) is 7.05 Å². The highest BCUT2D eigenvalue weighted by Crippen LogP contribution is 2.23. The average molecular weight is 314 g/mol. The summed E-state index contributed by atoms with van der Waals surface area (Å²) in [7, 11) is 7.67. The first-order valence-electron chi connectivity index (χ1n) is 7.84. The maximum absolute atomic E-state index is 12.9. The van der Waals surface area contributed by atoms with Gasteiger partial charge in [0.15, 0.2) is 0 Å². The molecule has 124 valence electrons. The molecule has 5 heteroatoms. The summed E-state index contributed by atoms with van der Waals surface area (Å²) in [6.45, 7) is 2.73. The topological polar surface area (TPSA) is 41.4 Å². The van der Waals surface area contributed by atoms with Crippen molar-refractivity contribution < 1.29 is 4.79 Å². The molecule has 2 rings (SSSR count). The van der Waals surface area contributed by atoms with Crippen molar-refractivity contribution in [3.05, 3.63) is 53.3 Å². The first kappa shape index (κ1) is 17.2. The second kappa shape index (κ2) is 7.42. The normalized spacial score (nSPS) is 12.4. The van der Waals surface area contributed by atoms with E-state index in [-0.39, 0.29) is 11.9 Å². The van der Waals surface area contributed by atoms with E-state index in [2.05, 4.69) is 18.1 Å². The van der Waals surface area contributed by atoms with Gasteiger partial charge in [-0.05, 0) is 44.1 Å². The number of amides is 1. The molecule has 0 N–H and O–H groups in total. The highest BCUT2D eigenvalue weighted by molar-refractivity contribution is 5.83. The second-order valence-corrected chi connectivity index (χ2v) is 6.25. The average Bonchev–Trinajstić information content (AvgIpc) is 2.92. The molecule has 0 spiro atoms. The summed E-state index contributed by atoms with van der Waals surface area (Å²) < 4.78 is 1.78. The number of hydrogen-bond donors (Lipinski definition) is 0. The van der Waals surface area contributed by atoms with Gasteiger partial charge in [0.2, 0.25) is 5.91 Å². The lowest BCUT2D eigenvalue weighted by atomic mass is 9.99. The maximum Gasteiger partial charge on any atom is 0.244 e. The van der Waals surface area contributed by atoms with E-state index in [9.17, 15) is 4.79 Å². The summed E-state index contributed by atoms with van der Waals surface area (Å²) in [5.74, 6) is 0.119. The molecule has 0 saturated heterocycles. The minimum Gasteiger partial charge on any atom is -0.344 e. The van der Waals surface area contributed by atoms with Crippen molar-refractivity contribution in [3.63, 3.8) is 0 Å². The van der Waals surface area contributed by atoms with Crippen LogP contribution in [0.3, 0.4) is 0 Å². The van der Waals surface area contributed by atoms with E-state index < -0.39 is 0 Å². The highest BCUT2D eigenvalue weighted by atomic mass is 16.2. The number of nitrogens with zero attached hydrogens (tertiary/aromatic N) is 4. The van der Waals surface area contributed by atoms with E-state index in [0.29, 0.717) is 6.54 Å². The number of carbonyl (C=O) groups excluding carboxylic acids is 1. The van der Waals surface area contributed by atoms with Gasteiger partial charge in [-0.3, -0.25) is 14.4 Å². The molecule has 1 aromatic carbocycles. The molecule has 0 radical (unpaired) electrons. The Morgan fingerprint density at radius 2 is 1.96 bits per heavy atom. The quantitative estimate of drug-likeness (QED) is 0.819. The molecule has 0 bridgehead atoms. The molecular formula is C18H26N4O. The Hall–Kier alpha value is -2.14. The molecule has 0 saturated carbocycles. The number of aromatic nitrogens is 2. The second-order valence-electron chi connectivity index (χ2n) is 6.25. The summed E-state index contributed by atoms with van der Waals surface area (Å²) in [4.78, 5) is 16.7. The Labute approximate surface area is 138 Å². The third-order valence-corrected chi connectivity index (χ3v) is 4.10. The number of benzene rings is 1. The van der Waals surface area contributed by atoms with Crippen LogP contribution < -0.4 is 0 Å². The number of likely N-dealkylation sites (N-methyl/N-ethyl adjacent to an activating group) is 2. The Bertz CT molecular complexity index is 663. The molecule has 0 fully saturated rings. The SMILES string of the molecule is Cc1ccccc1[C@@H](C(=O)N(C)CCc1cnn(C)c1)N(C)C. The first-order valence-corrected chi connectivity index (χ1v) is 7.84. The van der Waals surface area contributed by atoms with Crippen LogP contribution in [-0.2, 0) is 18.3 Å². The fourth-order valence-corrected chi connectivity index (χ4v) is 2.74. The predicted octanol–water partition coefficient (Wildman–Crippen LogP) is 2.03. The van der Waals surface area contributed by atoms with Gasteiger partial charge in [0.1, 0.15) is 6.04 Å². The van der Waals surface area contributed by atoms with Crippen molar-refractivity contribution in [1.82, 2.24) is 19.6 Å². The molecular weight excluding hydrogens is 288 g/mol. The molecule has 1 atom stereocenters. The van der Waals surface area contributed by atoms with Crippen LogP contribution in [0, 0.1) is 6.92 Å². The van der Waals surface area contributed by atoms with Gasteiger partial charge in [-0.1, -0.05) is 24.3 Å². The monoisotopic (exact) mass is 314 g/mol. The van der Waals surface area contributed by atoms with Crippen molar-refractivity contribution in [2.45, 2.75) is 19.4 Å².